The molecule has 0 spiro atoms. The zero-order valence-electron chi connectivity index (χ0n) is 10.2. The number of rotatable bonds is 5. The van der Waals surface area contributed by atoms with Crippen molar-refractivity contribution in [3.8, 4) is 0 Å². The topological polar surface area (TPSA) is 51.5 Å². The average Bonchev–Trinajstić information content (AvgIpc) is 2.64. The van der Waals surface area contributed by atoms with Crippen LogP contribution in [0.1, 0.15) is 37.8 Å². The summed E-state index contributed by atoms with van der Waals surface area (Å²) in [6.07, 6.45) is 0.362. The van der Waals surface area contributed by atoms with Crippen LogP contribution in [0.15, 0.2) is 16.5 Å². The molecule has 0 bridgehead atoms. The van der Waals surface area contributed by atoms with E-state index in [0.717, 1.165) is 11.5 Å². The van der Waals surface area contributed by atoms with Crippen molar-refractivity contribution < 1.29 is 13.9 Å². The van der Waals surface area contributed by atoms with Crippen LogP contribution in [0.5, 0.6) is 0 Å². The molecule has 0 amide bonds. The molecule has 4 nitrogen and oxygen atoms in total. The van der Waals surface area contributed by atoms with Gasteiger partial charge >= 0.3 is 5.97 Å². The predicted molar refractivity (Wildman–Crippen MR) is 61.1 cm³/mol. The zero-order valence-corrected chi connectivity index (χ0v) is 10.2. The second kappa shape index (κ2) is 5.70. The molecule has 0 aliphatic rings. The van der Waals surface area contributed by atoms with Crippen molar-refractivity contribution in [2.45, 2.75) is 39.3 Å². The molecule has 0 saturated heterocycles. The van der Waals surface area contributed by atoms with Gasteiger partial charge in [0.2, 0.25) is 0 Å². The van der Waals surface area contributed by atoms with Crippen molar-refractivity contribution in [2.24, 2.45) is 0 Å². The van der Waals surface area contributed by atoms with Crippen LogP contribution in [0.4, 0.5) is 0 Å². The highest BCUT2D eigenvalue weighted by Crippen LogP contribution is 2.16. The Morgan fingerprint density at radius 1 is 1.50 bits per heavy atom. The molecule has 0 aliphatic heterocycles. The van der Waals surface area contributed by atoms with Gasteiger partial charge in [-0.1, -0.05) is 0 Å². The van der Waals surface area contributed by atoms with E-state index in [0.29, 0.717) is 6.42 Å². The maximum Gasteiger partial charge on any atom is 0.307 e. The summed E-state index contributed by atoms with van der Waals surface area (Å²) in [5.74, 6) is 1.57. The fourth-order valence-electron chi connectivity index (χ4n) is 1.59. The van der Waals surface area contributed by atoms with Gasteiger partial charge < -0.3 is 14.5 Å². The van der Waals surface area contributed by atoms with Gasteiger partial charge in [-0.05, 0) is 32.9 Å². The fraction of sp³-hybridized carbons (Fsp3) is 0.583. The molecule has 1 N–H and O–H groups in total. The normalized spacial score (nSPS) is 14.5. The smallest absolute Gasteiger partial charge is 0.307 e. The molecule has 2 unspecified atom stereocenters. The first kappa shape index (κ1) is 12.8. The van der Waals surface area contributed by atoms with Crippen molar-refractivity contribution in [1.82, 2.24) is 5.32 Å². The minimum Gasteiger partial charge on any atom is -0.469 e. The molecular formula is C12H19NO3. The fourth-order valence-corrected chi connectivity index (χ4v) is 1.59. The van der Waals surface area contributed by atoms with E-state index in [4.69, 9.17) is 4.42 Å². The summed E-state index contributed by atoms with van der Waals surface area (Å²) in [6.45, 7) is 5.86. The minimum atomic E-state index is -0.206. The second-order valence-corrected chi connectivity index (χ2v) is 4.02. The van der Waals surface area contributed by atoms with Crippen LogP contribution in [0.3, 0.4) is 0 Å². The van der Waals surface area contributed by atoms with Gasteiger partial charge in [-0.2, -0.15) is 0 Å². The van der Waals surface area contributed by atoms with E-state index in [9.17, 15) is 4.79 Å². The molecule has 1 aromatic heterocycles. The van der Waals surface area contributed by atoms with E-state index in [-0.39, 0.29) is 18.1 Å². The third-order valence-electron chi connectivity index (χ3n) is 2.42. The van der Waals surface area contributed by atoms with Gasteiger partial charge in [0.15, 0.2) is 0 Å². The van der Waals surface area contributed by atoms with Crippen LogP contribution in [-0.2, 0) is 9.53 Å². The standard InChI is InChI=1S/C12H19NO3/c1-8(7-12(14)15-4)13-10(3)11-6-5-9(2)16-11/h5-6,8,10,13H,7H2,1-4H3. The van der Waals surface area contributed by atoms with Crippen LogP contribution in [-0.4, -0.2) is 19.1 Å². The van der Waals surface area contributed by atoms with Crippen molar-refractivity contribution in [2.75, 3.05) is 7.11 Å². The summed E-state index contributed by atoms with van der Waals surface area (Å²) < 4.78 is 10.1. The number of carbonyl (C=O) groups excluding carboxylic acids is 1. The van der Waals surface area contributed by atoms with Crippen molar-refractivity contribution in [3.05, 3.63) is 23.7 Å². The number of ether oxygens (including phenoxy) is 1. The number of furan rings is 1. The Bertz CT molecular complexity index is 346. The first-order chi connectivity index (χ1) is 7.52. The van der Waals surface area contributed by atoms with Crippen molar-refractivity contribution in [1.29, 1.82) is 0 Å². The minimum absolute atomic E-state index is 0.0628. The highest BCUT2D eigenvalue weighted by Gasteiger charge is 2.15. The maximum atomic E-state index is 11.1. The van der Waals surface area contributed by atoms with Gasteiger partial charge in [-0.15, -0.1) is 0 Å². The Labute approximate surface area is 96.0 Å². The number of hydrogen-bond donors (Lipinski definition) is 1. The first-order valence-corrected chi connectivity index (χ1v) is 5.42. The Balaban J connectivity index is 2.45. The maximum absolute atomic E-state index is 11.1. The number of nitrogens with one attached hydrogen (secondary N) is 1. The lowest BCUT2D eigenvalue weighted by atomic mass is 10.2. The van der Waals surface area contributed by atoms with Crippen molar-refractivity contribution >= 4 is 5.97 Å². The molecule has 0 aromatic carbocycles. The van der Waals surface area contributed by atoms with Crippen LogP contribution in [0.2, 0.25) is 0 Å². The summed E-state index contributed by atoms with van der Waals surface area (Å²) in [6, 6.07) is 4.03. The molecule has 0 aliphatic carbocycles. The Kier molecular flexibility index (Phi) is 4.55. The molecule has 90 valence electrons. The monoisotopic (exact) mass is 225 g/mol. The highest BCUT2D eigenvalue weighted by molar-refractivity contribution is 5.69. The molecule has 0 saturated carbocycles. The van der Waals surface area contributed by atoms with Crippen LogP contribution in [0.25, 0.3) is 0 Å². The van der Waals surface area contributed by atoms with Gasteiger partial charge in [0.05, 0.1) is 19.6 Å². The summed E-state index contributed by atoms with van der Waals surface area (Å²) in [5, 5.41) is 3.28. The van der Waals surface area contributed by atoms with Crippen LogP contribution >= 0.6 is 0 Å². The van der Waals surface area contributed by atoms with Gasteiger partial charge in [-0.25, -0.2) is 0 Å². The van der Waals surface area contributed by atoms with Gasteiger partial charge in [0, 0.05) is 6.04 Å². The summed E-state index contributed by atoms with van der Waals surface area (Å²) in [7, 11) is 1.40. The van der Waals surface area contributed by atoms with Gasteiger partial charge in [-0.3, -0.25) is 4.79 Å². The molecule has 0 fully saturated rings. The second-order valence-electron chi connectivity index (χ2n) is 4.02. The van der Waals surface area contributed by atoms with E-state index < -0.39 is 0 Å². The SMILES string of the molecule is COC(=O)CC(C)NC(C)c1ccc(C)o1. The van der Waals surface area contributed by atoms with Crippen LogP contribution < -0.4 is 5.32 Å². The van der Waals surface area contributed by atoms with E-state index in [2.05, 4.69) is 10.1 Å². The zero-order chi connectivity index (χ0) is 12.1. The number of hydrogen-bond acceptors (Lipinski definition) is 4. The lowest BCUT2D eigenvalue weighted by molar-refractivity contribution is -0.141. The Morgan fingerprint density at radius 3 is 2.69 bits per heavy atom. The van der Waals surface area contributed by atoms with Crippen LogP contribution in [0, 0.1) is 6.92 Å². The van der Waals surface area contributed by atoms with E-state index in [1.165, 1.54) is 7.11 Å². The molecule has 1 aromatic rings. The third kappa shape index (κ3) is 3.70. The van der Waals surface area contributed by atoms with Gasteiger partial charge in [0.25, 0.3) is 0 Å². The molecule has 1 rings (SSSR count). The molecule has 1 heterocycles. The summed E-state index contributed by atoms with van der Waals surface area (Å²) >= 11 is 0. The Morgan fingerprint density at radius 2 is 2.19 bits per heavy atom. The number of esters is 1. The first-order valence-electron chi connectivity index (χ1n) is 5.42. The third-order valence-corrected chi connectivity index (χ3v) is 2.42. The summed E-state index contributed by atoms with van der Waals surface area (Å²) in [5.41, 5.74) is 0. The highest BCUT2D eigenvalue weighted by atomic mass is 16.5. The molecular weight excluding hydrogens is 206 g/mol. The Hall–Kier alpha value is -1.29. The number of methoxy groups -OCH3 is 1. The van der Waals surface area contributed by atoms with Gasteiger partial charge in [0.1, 0.15) is 11.5 Å². The molecule has 16 heavy (non-hydrogen) atoms. The number of carbonyl (C=O) groups is 1. The van der Waals surface area contributed by atoms with E-state index in [1.54, 1.807) is 0 Å². The molecule has 2 atom stereocenters. The predicted octanol–water partition coefficient (Wildman–Crippen LogP) is 2.19. The summed E-state index contributed by atoms with van der Waals surface area (Å²) in [4.78, 5) is 11.1. The largest absolute Gasteiger partial charge is 0.469 e. The lowest BCUT2D eigenvalue weighted by Crippen LogP contribution is -2.31. The van der Waals surface area contributed by atoms with E-state index >= 15 is 0 Å². The molecule has 4 heteroatoms. The lowest BCUT2D eigenvalue weighted by Gasteiger charge is -2.17. The van der Waals surface area contributed by atoms with E-state index in [1.807, 2.05) is 32.9 Å². The quantitative estimate of drug-likeness (QED) is 0.780. The van der Waals surface area contributed by atoms with Crippen molar-refractivity contribution in [3.63, 3.8) is 0 Å². The number of aryl methyl sites for hydroxylation is 1. The average molecular weight is 225 g/mol. The molecule has 0 radical (unpaired) electrons.